The largest absolute Gasteiger partial charge is 0.383 e. The van der Waals surface area contributed by atoms with Gasteiger partial charge in [0, 0.05) is 43.7 Å². The number of benzene rings is 8. The third kappa shape index (κ3) is 5.55. The van der Waals surface area contributed by atoms with Crippen LogP contribution < -0.4 is 5.73 Å². The number of rotatable bonds is 6. The van der Waals surface area contributed by atoms with Crippen molar-refractivity contribution in [2.75, 3.05) is 0 Å². The summed E-state index contributed by atoms with van der Waals surface area (Å²) in [5.74, 6) is 1.02. The van der Waals surface area contributed by atoms with Crippen LogP contribution in [0.1, 0.15) is 16.7 Å². The zero-order chi connectivity index (χ0) is 38.6. The molecular weight excluding hydrogens is 707 g/mol. The number of amidine groups is 2. The SMILES string of the molecule is NC(=NC(=NCc1ccccc1)c1cccc(-c2cccc(-n3c4ccccc4c4ccc5c(cc6c7ccccc7c7ccccc7n65)c43)c2)c1)c1ccccc1. The summed E-state index contributed by atoms with van der Waals surface area (Å²) in [6.45, 7) is 0.490. The third-order valence-corrected chi connectivity index (χ3v) is 11.4. The van der Waals surface area contributed by atoms with Gasteiger partial charge in [-0.15, -0.1) is 0 Å². The Morgan fingerprint density at radius 1 is 0.431 bits per heavy atom. The van der Waals surface area contributed by atoms with E-state index in [1.165, 1.54) is 59.9 Å². The number of aromatic nitrogens is 2. The van der Waals surface area contributed by atoms with Crippen LogP contribution in [0.3, 0.4) is 0 Å². The van der Waals surface area contributed by atoms with E-state index in [4.69, 9.17) is 15.7 Å². The lowest BCUT2D eigenvalue weighted by molar-refractivity contribution is 1.06. The van der Waals surface area contributed by atoms with E-state index in [-0.39, 0.29) is 0 Å². The zero-order valence-electron chi connectivity index (χ0n) is 31.6. The molecule has 58 heavy (non-hydrogen) atoms. The first kappa shape index (κ1) is 33.6. The van der Waals surface area contributed by atoms with Crippen molar-refractivity contribution >= 4 is 71.6 Å². The van der Waals surface area contributed by atoms with Gasteiger partial charge < -0.3 is 14.7 Å². The van der Waals surface area contributed by atoms with E-state index < -0.39 is 0 Å². The molecule has 3 aromatic heterocycles. The van der Waals surface area contributed by atoms with Crippen LogP contribution in [0.5, 0.6) is 0 Å². The highest BCUT2D eigenvalue weighted by Gasteiger charge is 2.19. The van der Waals surface area contributed by atoms with Crippen LogP contribution in [-0.2, 0) is 6.54 Å². The molecule has 2 N–H and O–H groups in total. The van der Waals surface area contributed by atoms with Crippen molar-refractivity contribution in [3.63, 3.8) is 0 Å². The summed E-state index contributed by atoms with van der Waals surface area (Å²) in [5, 5.41) is 7.44. The Balaban J connectivity index is 1.09. The number of nitrogens with two attached hydrogens (primary N) is 1. The lowest BCUT2D eigenvalue weighted by Gasteiger charge is -2.12. The van der Waals surface area contributed by atoms with Crippen LogP contribution in [0.4, 0.5) is 0 Å². The van der Waals surface area contributed by atoms with Crippen molar-refractivity contribution in [2.24, 2.45) is 15.7 Å². The van der Waals surface area contributed by atoms with Crippen LogP contribution in [-0.4, -0.2) is 20.6 Å². The molecule has 0 spiro atoms. The van der Waals surface area contributed by atoms with Crippen LogP contribution in [0, 0.1) is 0 Å². The van der Waals surface area contributed by atoms with E-state index in [1.807, 2.05) is 48.5 Å². The van der Waals surface area contributed by atoms with E-state index >= 15 is 0 Å². The van der Waals surface area contributed by atoms with Gasteiger partial charge >= 0.3 is 0 Å². The maximum absolute atomic E-state index is 6.60. The summed E-state index contributed by atoms with van der Waals surface area (Å²) in [6.07, 6.45) is 0. The number of para-hydroxylation sites is 2. The molecule has 0 aliphatic heterocycles. The number of pyridine rings is 1. The summed E-state index contributed by atoms with van der Waals surface area (Å²) >= 11 is 0. The second-order valence-corrected chi connectivity index (χ2v) is 14.8. The van der Waals surface area contributed by atoms with E-state index in [0.717, 1.165) is 33.5 Å². The fraction of sp³-hybridized carbons (Fsp3) is 0.0189. The van der Waals surface area contributed by atoms with E-state index in [0.29, 0.717) is 18.2 Å². The van der Waals surface area contributed by atoms with Crippen molar-refractivity contribution in [3.8, 4) is 16.8 Å². The molecule has 11 rings (SSSR count). The van der Waals surface area contributed by atoms with E-state index in [1.54, 1.807) is 0 Å². The van der Waals surface area contributed by atoms with E-state index in [2.05, 4.69) is 161 Å². The van der Waals surface area contributed by atoms with Gasteiger partial charge in [0.25, 0.3) is 0 Å². The first-order chi connectivity index (χ1) is 28.7. The number of hydrogen-bond acceptors (Lipinski definition) is 1. The highest BCUT2D eigenvalue weighted by molar-refractivity contribution is 6.23. The topological polar surface area (TPSA) is 60.1 Å². The van der Waals surface area contributed by atoms with Crippen molar-refractivity contribution in [3.05, 3.63) is 217 Å². The Morgan fingerprint density at radius 3 is 1.79 bits per heavy atom. The minimum Gasteiger partial charge on any atom is -0.383 e. The van der Waals surface area contributed by atoms with Crippen LogP contribution in [0.25, 0.3) is 76.7 Å². The first-order valence-corrected chi connectivity index (χ1v) is 19.7. The molecular formula is C53H37N5. The van der Waals surface area contributed by atoms with Crippen LogP contribution >= 0.6 is 0 Å². The third-order valence-electron chi connectivity index (χ3n) is 11.4. The lowest BCUT2D eigenvalue weighted by atomic mass is 10.0. The summed E-state index contributed by atoms with van der Waals surface area (Å²) in [5.41, 5.74) is 18.7. The van der Waals surface area contributed by atoms with Crippen molar-refractivity contribution in [1.82, 2.24) is 8.97 Å². The van der Waals surface area contributed by atoms with Crippen LogP contribution in [0.15, 0.2) is 210 Å². The Kier molecular flexibility index (Phi) is 7.97. The Morgan fingerprint density at radius 2 is 1.02 bits per heavy atom. The van der Waals surface area contributed by atoms with Gasteiger partial charge in [0.1, 0.15) is 5.84 Å². The predicted molar refractivity (Wildman–Crippen MR) is 244 cm³/mol. The average Bonchev–Trinajstić information content (AvgIpc) is 3.86. The second kappa shape index (κ2) is 13.8. The van der Waals surface area contributed by atoms with Crippen molar-refractivity contribution < 1.29 is 0 Å². The molecule has 0 amide bonds. The molecule has 11 aromatic rings. The lowest BCUT2D eigenvalue weighted by Crippen LogP contribution is -2.16. The Hall–Kier alpha value is -7.76. The fourth-order valence-electron chi connectivity index (χ4n) is 8.70. The molecule has 3 heterocycles. The highest BCUT2D eigenvalue weighted by atomic mass is 15.0. The maximum Gasteiger partial charge on any atom is 0.157 e. The molecule has 0 atom stereocenters. The smallest absolute Gasteiger partial charge is 0.157 e. The number of hydrogen-bond donors (Lipinski definition) is 1. The van der Waals surface area contributed by atoms with Gasteiger partial charge in [-0.1, -0.05) is 158 Å². The van der Waals surface area contributed by atoms with Gasteiger partial charge in [-0.25, -0.2) is 4.99 Å². The summed E-state index contributed by atoms with van der Waals surface area (Å²) in [4.78, 5) is 9.94. The molecule has 0 fully saturated rings. The van der Waals surface area contributed by atoms with Gasteiger partial charge in [-0.05, 0) is 64.5 Å². The van der Waals surface area contributed by atoms with Gasteiger partial charge in [0.15, 0.2) is 5.84 Å². The molecule has 0 radical (unpaired) electrons. The number of aliphatic imine (C=N–C) groups is 2. The monoisotopic (exact) mass is 743 g/mol. The first-order valence-electron chi connectivity index (χ1n) is 19.7. The minimum atomic E-state index is 0.428. The normalized spacial score (nSPS) is 12.5. The van der Waals surface area contributed by atoms with Gasteiger partial charge in [0.2, 0.25) is 0 Å². The zero-order valence-corrected chi connectivity index (χ0v) is 31.6. The molecule has 0 saturated heterocycles. The second-order valence-electron chi connectivity index (χ2n) is 14.8. The molecule has 0 bridgehead atoms. The summed E-state index contributed by atoms with van der Waals surface area (Å²) in [7, 11) is 0. The highest BCUT2D eigenvalue weighted by Crippen LogP contribution is 2.41. The number of fused-ring (bicyclic) bond motifs is 12. The van der Waals surface area contributed by atoms with Crippen LogP contribution in [0.2, 0.25) is 0 Å². The van der Waals surface area contributed by atoms with Crippen molar-refractivity contribution in [1.29, 1.82) is 0 Å². The van der Waals surface area contributed by atoms with E-state index in [9.17, 15) is 0 Å². The predicted octanol–water partition coefficient (Wildman–Crippen LogP) is 12.5. The van der Waals surface area contributed by atoms with Gasteiger partial charge in [-0.2, -0.15) is 0 Å². The molecule has 274 valence electrons. The summed E-state index contributed by atoms with van der Waals surface area (Å²) < 4.78 is 4.89. The van der Waals surface area contributed by atoms with Gasteiger partial charge in [0.05, 0.1) is 34.1 Å². The fourth-order valence-corrected chi connectivity index (χ4v) is 8.70. The minimum absolute atomic E-state index is 0.428. The molecule has 0 aliphatic carbocycles. The molecule has 0 saturated carbocycles. The van der Waals surface area contributed by atoms with Crippen molar-refractivity contribution in [2.45, 2.75) is 6.54 Å². The molecule has 0 unspecified atom stereocenters. The Labute approximate surface area is 335 Å². The molecule has 5 heteroatoms. The average molecular weight is 744 g/mol. The standard InChI is InChI=1S/C53H37N5/c54-52(36-17-5-2-6-18-36)56-53(55-34-35-15-3-1-4-16-35)39-21-13-19-37(31-39)38-20-14-22-40(32-38)57-47-27-11-10-26-44(47)45-29-30-49-46(51(45)57)33-50-43-25-8-7-23-41(43)42-24-9-12-28-48(42)58(49)50/h1-33H,34H2,(H2,54,55,56). The number of nitrogens with zero attached hydrogens (tertiary/aromatic N) is 4. The molecule has 8 aromatic carbocycles. The maximum atomic E-state index is 6.60. The Bertz CT molecular complexity index is 3430. The summed E-state index contributed by atoms with van der Waals surface area (Å²) in [6, 6.07) is 70.7. The quantitative estimate of drug-likeness (QED) is 0.103. The molecule has 5 nitrogen and oxygen atoms in total. The van der Waals surface area contributed by atoms with Gasteiger partial charge in [-0.3, -0.25) is 4.99 Å². The molecule has 0 aliphatic rings.